The second-order valence-electron chi connectivity index (χ2n) is 6.14. The molecule has 0 aromatic heterocycles. The zero-order valence-corrected chi connectivity index (χ0v) is 19.1. The zero-order chi connectivity index (χ0) is 19.5. The van der Waals surface area contributed by atoms with E-state index in [1.807, 2.05) is 12.1 Å². The molecule has 1 heterocycles. The van der Waals surface area contributed by atoms with Crippen molar-refractivity contribution in [1.82, 2.24) is 15.5 Å². The second kappa shape index (κ2) is 13.6. The number of ether oxygens (including phenoxy) is 3. The summed E-state index contributed by atoms with van der Waals surface area (Å²) >= 11 is 0. The summed E-state index contributed by atoms with van der Waals surface area (Å²) in [6, 6.07) is 8.32. The minimum atomic E-state index is -0.248. The van der Waals surface area contributed by atoms with Crippen molar-refractivity contribution in [2.75, 3.05) is 60.7 Å². The molecule has 9 heteroatoms. The number of nitrogens with zero attached hydrogens (tertiary/aromatic N) is 2. The number of nitrogens with one attached hydrogen (secondary N) is 2. The first-order chi connectivity index (χ1) is 13.2. The third kappa shape index (κ3) is 7.80. The molecular weight excluding hydrogens is 475 g/mol. The molecular formula is C19H31IN4O4. The summed E-state index contributed by atoms with van der Waals surface area (Å²) in [5.74, 6) is 1.25. The number of carbonyl (C=O) groups excluding carboxylic acids is 1. The monoisotopic (exact) mass is 506 g/mol. The summed E-state index contributed by atoms with van der Waals surface area (Å²) in [5.41, 5.74) is 1.20. The van der Waals surface area contributed by atoms with Gasteiger partial charge in [-0.3, -0.25) is 14.7 Å². The molecule has 0 spiro atoms. The number of esters is 1. The molecule has 1 aromatic carbocycles. The van der Waals surface area contributed by atoms with Crippen molar-refractivity contribution in [2.24, 2.45) is 4.99 Å². The van der Waals surface area contributed by atoms with Gasteiger partial charge in [-0.2, -0.15) is 0 Å². The highest BCUT2D eigenvalue weighted by molar-refractivity contribution is 14.0. The van der Waals surface area contributed by atoms with Gasteiger partial charge in [-0.15, -0.1) is 24.0 Å². The number of guanidine groups is 1. The van der Waals surface area contributed by atoms with Gasteiger partial charge in [-0.25, -0.2) is 0 Å². The first-order valence-corrected chi connectivity index (χ1v) is 9.15. The standard InChI is InChI=1S/C19H30N4O4.HI/c1-20-19(21-9-8-18(24)26-3)22-14-17(23-10-12-27-13-11-23)15-4-6-16(25-2)7-5-15;/h4-7,17H,8-14H2,1-3H3,(H2,20,21,22);1H. The molecule has 0 amide bonds. The van der Waals surface area contributed by atoms with Gasteiger partial charge in [0.1, 0.15) is 5.75 Å². The number of halogens is 1. The van der Waals surface area contributed by atoms with Gasteiger partial charge in [0, 0.05) is 33.2 Å². The highest BCUT2D eigenvalue weighted by atomic mass is 127. The largest absolute Gasteiger partial charge is 0.497 e. The third-order valence-corrected chi connectivity index (χ3v) is 4.52. The Hall–Kier alpha value is -1.59. The van der Waals surface area contributed by atoms with Gasteiger partial charge in [0.15, 0.2) is 5.96 Å². The third-order valence-electron chi connectivity index (χ3n) is 4.52. The van der Waals surface area contributed by atoms with Crippen molar-refractivity contribution < 1.29 is 19.0 Å². The topological polar surface area (TPSA) is 84.4 Å². The van der Waals surface area contributed by atoms with Crippen LogP contribution in [-0.4, -0.2) is 77.5 Å². The van der Waals surface area contributed by atoms with Crippen molar-refractivity contribution in [3.8, 4) is 5.75 Å². The van der Waals surface area contributed by atoms with Crippen molar-refractivity contribution in [1.29, 1.82) is 0 Å². The Morgan fingerprint density at radius 2 is 1.89 bits per heavy atom. The van der Waals surface area contributed by atoms with E-state index < -0.39 is 0 Å². The normalized spacial score (nSPS) is 15.9. The lowest BCUT2D eigenvalue weighted by atomic mass is 10.0. The van der Waals surface area contributed by atoms with Crippen LogP contribution in [0.2, 0.25) is 0 Å². The molecule has 1 aromatic rings. The molecule has 1 fully saturated rings. The van der Waals surface area contributed by atoms with Crippen LogP contribution in [0.3, 0.4) is 0 Å². The minimum Gasteiger partial charge on any atom is -0.497 e. The fraction of sp³-hybridized carbons (Fsp3) is 0.579. The molecule has 158 valence electrons. The quantitative estimate of drug-likeness (QED) is 0.239. The molecule has 8 nitrogen and oxygen atoms in total. The molecule has 1 aliphatic heterocycles. The summed E-state index contributed by atoms with van der Waals surface area (Å²) in [6.07, 6.45) is 0.294. The Kier molecular flexibility index (Phi) is 11.8. The number of carbonyl (C=O) groups is 1. The van der Waals surface area contributed by atoms with E-state index in [0.29, 0.717) is 25.5 Å². The van der Waals surface area contributed by atoms with Crippen LogP contribution in [0.5, 0.6) is 5.75 Å². The van der Waals surface area contributed by atoms with Crippen LogP contribution in [0, 0.1) is 0 Å². The number of hydrogen-bond donors (Lipinski definition) is 2. The fourth-order valence-corrected chi connectivity index (χ4v) is 2.97. The number of benzene rings is 1. The van der Waals surface area contributed by atoms with Gasteiger partial charge in [-0.1, -0.05) is 12.1 Å². The Morgan fingerprint density at radius 1 is 1.21 bits per heavy atom. The maximum atomic E-state index is 11.2. The van der Waals surface area contributed by atoms with Crippen LogP contribution < -0.4 is 15.4 Å². The van der Waals surface area contributed by atoms with E-state index >= 15 is 0 Å². The molecule has 2 N–H and O–H groups in total. The maximum absolute atomic E-state index is 11.2. The second-order valence-corrected chi connectivity index (χ2v) is 6.14. The van der Waals surface area contributed by atoms with Crippen LogP contribution in [-0.2, 0) is 14.3 Å². The Balaban J connectivity index is 0.00000392. The van der Waals surface area contributed by atoms with Crippen molar-refractivity contribution >= 4 is 35.9 Å². The minimum absolute atomic E-state index is 0. The predicted octanol–water partition coefficient (Wildman–Crippen LogP) is 1.41. The van der Waals surface area contributed by atoms with E-state index in [9.17, 15) is 4.79 Å². The lowest BCUT2D eigenvalue weighted by Crippen LogP contribution is -2.46. The smallest absolute Gasteiger partial charge is 0.307 e. The van der Waals surface area contributed by atoms with Crippen molar-refractivity contribution in [3.05, 3.63) is 29.8 Å². The first-order valence-electron chi connectivity index (χ1n) is 9.15. The van der Waals surface area contributed by atoms with Crippen LogP contribution in [0.4, 0.5) is 0 Å². The molecule has 2 rings (SSSR count). The fourth-order valence-electron chi connectivity index (χ4n) is 2.97. The van der Waals surface area contributed by atoms with E-state index in [0.717, 1.165) is 32.1 Å². The SMILES string of the molecule is CN=C(NCCC(=O)OC)NCC(c1ccc(OC)cc1)N1CCOCC1.I. The van der Waals surface area contributed by atoms with Crippen molar-refractivity contribution in [3.63, 3.8) is 0 Å². The molecule has 1 aliphatic rings. The maximum Gasteiger partial charge on any atom is 0.307 e. The highest BCUT2D eigenvalue weighted by Gasteiger charge is 2.23. The first kappa shape index (κ1) is 24.4. The van der Waals surface area contributed by atoms with Crippen LogP contribution in [0.1, 0.15) is 18.0 Å². The lowest BCUT2D eigenvalue weighted by molar-refractivity contribution is -0.140. The van der Waals surface area contributed by atoms with Gasteiger partial charge in [-0.05, 0) is 17.7 Å². The van der Waals surface area contributed by atoms with Gasteiger partial charge in [0.05, 0.1) is 39.9 Å². The predicted molar refractivity (Wildman–Crippen MR) is 120 cm³/mol. The van der Waals surface area contributed by atoms with Crippen molar-refractivity contribution in [2.45, 2.75) is 12.5 Å². The molecule has 28 heavy (non-hydrogen) atoms. The van der Waals surface area contributed by atoms with Gasteiger partial charge >= 0.3 is 5.97 Å². The van der Waals surface area contributed by atoms with Gasteiger partial charge in [0.2, 0.25) is 0 Å². The Bertz CT molecular complexity index is 606. The average Bonchev–Trinajstić information content (AvgIpc) is 2.73. The number of methoxy groups -OCH3 is 2. The summed E-state index contributed by atoms with van der Waals surface area (Å²) < 4.78 is 15.4. The summed E-state index contributed by atoms with van der Waals surface area (Å²) in [4.78, 5) is 17.9. The van der Waals surface area contributed by atoms with E-state index in [4.69, 9.17) is 9.47 Å². The van der Waals surface area contributed by atoms with Crippen LogP contribution in [0.15, 0.2) is 29.3 Å². The van der Waals surface area contributed by atoms with Crippen LogP contribution >= 0.6 is 24.0 Å². The van der Waals surface area contributed by atoms with E-state index in [1.54, 1.807) is 14.2 Å². The summed E-state index contributed by atoms with van der Waals surface area (Å²) in [6.45, 7) is 4.39. The molecule has 0 saturated carbocycles. The molecule has 1 saturated heterocycles. The van der Waals surface area contributed by atoms with E-state index in [1.165, 1.54) is 12.7 Å². The van der Waals surface area contributed by atoms with E-state index in [-0.39, 0.29) is 36.0 Å². The number of aliphatic imine (C=N–C) groups is 1. The highest BCUT2D eigenvalue weighted by Crippen LogP contribution is 2.23. The molecule has 0 aliphatic carbocycles. The van der Waals surface area contributed by atoms with E-state index in [2.05, 4.69) is 37.4 Å². The van der Waals surface area contributed by atoms with Gasteiger partial charge in [0.25, 0.3) is 0 Å². The number of rotatable bonds is 8. The molecule has 1 atom stereocenters. The summed E-state index contributed by atoms with van der Waals surface area (Å²) in [5, 5.41) is 6.50. The Labute approximate surface area is 184 Å². The summed E-state index contributed by atoms with van der Waals surface area (Å²) in [7, 11) is 4.77. The zero-order valence-electron chi connectivity index (χ0n) is 16.8. The molecule has 1 unspecified atom stereocenters. The molecule has 0 bridgehead atoms. The Morgan fingerprint density at radius 3 is 2.46 bits per heavy atom. The van der Waals surface area contributed by atoms with Gasteiger partial charge < -0.3 is 24.8 Å². The number of hydrogen-bond acceptors (Lipinski definition) is 6. The number of morpholine rings is 1. The molecule has 0 radical (unpaired) electrons. The average molecular weight is 506 g/mol. The lowest BCUT2D eigenvalue weighted by Gasteiger charge is -2.35. The van der Waals surface area contributed by atoms with Crippen LogP contribution in [0.25, 0.3) is 0 Å².